The van der Waals surface area contributed by atoms with Crippen molar-refractivity contribution >= 4 is 0 Å². The van der Waals surface area contributed by atoms with Gasteiger partial charge in [0, 0.05) is 6.54 Å². The van der Waals surface area contributed by atoms with Crippen LogP contribution in [0.4, 0.5) is 0 Å². The highest BCUT2D eigenvalue weighted by Gasteiger charge is 2.48. The van der Waals surface area contributed by atoms with Crippen molar-refractivity contribution < 1.29 is 23.7 Å². The van der Waals surface area contributed by atoms with Gasteiger partial charge in [-0.2, -0.15) is 0 Å². The van der Waals surface area contributed by atoms with Crippen LogP contribution >= 0.6 is 0 Å². The normalized spacial score (nSPS) is 21.0. The van der Waals surface area contributed by atoms with Crippen LogP contribution in [0.2, 0.25) is 0 Å². The molecule has 0 bridgehead atoms. The van der Waals surface area contributed by atoms with Crippen molar-refractivity contribution in [3.05, 3.63) is 179 Å². The predicted octanol–water partition coefficient (Wildman–Crippen LogP) is 7.47. The van der Waals surface area contributed by atoms with Gasteiger partial charge in [-0.05, 0) is 27.8 Å². The quantitative estimate of drug-likeness (QED) is 0.122. The second kappa shape index (κ2) is 17.7. The minimum atomic E-state index is -0.624. The van der Waals surface area contributed by atoms with Crippen LogP contribution in [-0.4, -0.2) is 37.3 Å². The molecule has 6 rings (SSSR count). The minimum Gasteiger partial charge on any atom is -0.374 e. The van der Waals surface area contributed by atoms with Crippen LogP contribution in [-0.2, 0) is 56.7 Å². The lowest BCUT2D eigenvalue weighted by Crippen LogP contribution is -2.65. The fraction of sp³-hybridized carbons (Fsp3) is 0.268. The second-order valence-corrected chi connectivity index (χ2v) is 11.8. The number of nitrogens with one attached hydrogen (secondary N) is 1. The average molecular weight is 630 g/mol. The molecule has 1 fully saturated rings. The van der Waals surface area contributed by atoms with Crippen LogP contribution < -0.4 is 5.32 Å². The lowest BCUT2D eigenvalue weighted by molar-refractivity contribution is -0.294. The molecule has 1 saturated heterocycles. The van der Waals surface area contributed by atoms with Crippen molar-refractivity contribution in [2.75, 3.05) is 6.61 Å². The Balaban J connectivity index is 1.29. The Kier molecular flexibility index (Phi) is 12.3. The Labute approximate surface area is 278 Å². The Morgan fingerprint density at radius 2 is 0.851 bits per heavy atom. The average Bonchev–Trinajstić information content (AvgIpc) is 3.14. The molecular formula is C41H43NO5. The molecule has 5 atom stereocenters. The number of benzene rings is 5. The summed E-state index contributed by atoms with van der Waals surface area (Å²) in [6.45, 7) is 2.63. The molecule has 0 spiro atoms. The third kappa shape index (κ3) is 9.92. The fourth-order valence-electron chi connectivity index (χ4n) is 5.78. The Morgan fingerprint density at radius 1 is 0.447 bits per heavy atom. The van der Waals surface area contributed by atoms with Gasteiger partial charge in [0.15, 0.2) is 6.29 Å². The molecule has 47 heavy (non-hydrogen) atoms. The van der Waals surface area contributed by atoms with Crippen molar-refractivity contribution in [1.82, 2.24) is 5.32 Å². The van der Waals surface area contributed by atoms with Crippen LogP contribution in [0.15, 0.2) is 152 Å². The number of hydrogen-bond acceptors (Lipinski definition) is 6. The van der Waals surface area contributed by atoms with Gasteiger partial charge in [0.05, 0.1) is 39.1 Å². The van der Waals surface area contributed by atoms with E-state index in [0.29, 0.717) is 39.6 Å². The van der Waals surface area contributed by atoms with Crippen LogP contribution in [0.1, 0.15) is 27.8 Å². The molecule has 1 aliphatic heterocycles. The van der Waals surface area contributed by atoms with Gasteiger partial charge in [-0.3, -0.25) is 0 Å². The summed E-state index contributed by atoms with van der Waals surface area (Å²) >= 11 is 0. The van der Waals surface area contributed by atoms with E-state index in [1.54, 1.807) is 0 Å². The molecule has 0 radical (unpaired) electrons. The molecule has 6 nitrogen and oxygen atoms in total. The van der Waals surface area contributed by atoms with E-state index >= 15 is 0 Å². The van der Waals surface area contributed by atoms with E-state index in [1.165, 1.54) is 0 Å². The zero-order valence-electron chi connectivity index (χ0n) is 26.6. The summed E-state index contributed by atoms with van der Waals surface area (Å²) in [6.07, 6.45) is -1.93. The first-order valence-electron chi connectivity index (χ1n) is 16.3. The molecule has 1 N–H and O–H groups in total. The lowest BCUT2D eigenvalue weighted by atomic mass is 9.95. The van der Waals surface area contributed by atoms with Crippen molar-refractivity contribution in [2.24, 2.45) is 0 Å². The summed E-state index contributed by atoms with van der Waals surface area (Å²) < 4.78 is 33.3. The smallest absolute Gasteiger partial charge is 0.176 e. The minimum absolute atomic E-state index is 0.316. The van der Waals surface area contributed by atoms with Crippen LogP contribution in [0.3, 0.4) is 0 Å². The molecule has 5 aromatic rings. The third-order valence-electron chi connectivity index (χ3n) is 8.25. The molecule has 0 aromatic heterocycles. The van der Waals surface area contributed by atoms with E-state index in [1.807, 2.05) is 91.0 Å². The first-order valence-corrected chi connectivity index (χ1v) is 16.3. The highest BCUT2D eigenvalue weighted by atomic mass is 16.7. The maximum absolute atomic E-state index is 6.85. The first kappa shape index (κ1) is 32.8. The number of ether oxygens (including phenoxy) is 5. The van der Waals surface area contributed by atoms with E-state index in [-0.39, 0.29) is 6.04 Å². The largest absolute Gasteiger partial charge is 0.374 e. The van der Waals surface area contributed by atoms with E-state index in [9.17, 15) is 0 Å². The van der Waals surface area contributed by atoms with Crippen LogP contribution in [0, 0.1) is 0 Å². The molecule has 0 unspecified atom stereocenters. The summed E-state index contributed by atoms with van der Waals surface area (Å²) in [4.78, 5) is 0. The lowest BCUT2D eigenvalue weighted by Gasteiger charge is -2.46. The van der Waals surface area contributed by atoms with Gasteiger partial charge in [0.25, 0.3) is 0 Å². The van der Waals surface area contributed by atoms with E-state index in [0.717, 1.165) is 27.8 Å². The van der Waals surface area contributed by atoms with Gasteiger partial charge in [0.2, 0.25) is 0 Å². The maximum Gasteiger partial charge on any atom is 0.176 e. The molecule has 1 heterocycles. The van der Waals surface area contributed by atoms with E-state index in [4.69, 9.17) is 23.7 Å². The van der Waals surface area contributed by atoms with Crippen molar-refractivity contribution in [3.63, 3.8) is 0 Å². The van der Waals surface area contributed by atoms with Gasteiger partial charge in [-0.1, -0.05) is 152 Å². The van der Waals surface area contributed by atoms with E-state index in [2.05, 4.69) is 66.0 Å². The Morgan fingerprint density at radius 3 is 1.34 bits per heavy atom. The summed E-state index contributed by atoms with van der Waals surface area (Å²) in [5, 5.41) is 3.75. The zero-order chi connectivity index (χ0) is 31.9. The summed E-state index contributed by atoms with van der Waals surface area (Å²) in [6, 6.07) is 50.8. The van der Waals surface area contributed by atoms with Crippen LogP contribution in [0.25, 0.3) is 0 Å². The molecule has 242 valence electrons. The van der Waals surface area contributed by atoms with E-state index < -0.39 is 24.6 Å². The zero-order valence-corrected chi connectivity index (χ0v) is 26.6. The maximum atomic E-state index is 6.85. The summed E-state index contributed by atoms with van der Waals surface area (Å²) in [5.74, 6) is 0. The van der Waals surface area contributed by atoms with Gasteiger partial charge < -0.3 is 29.0 Å². The molecular weight excluding hydrogens is 586 g/mol. The molecule has 0 saturated carbocycles. The van der Waals surface area contributed by atoms with Gasteiger partial charge in [-0.25, -0.2) is 0 Å². The summed E-state index contributed by atoms with van der Waals surface area (Å²) in [7, 11) is 0. The van der Waals surface area contributed by atoms with Crippen molar-refractivity contribution in [2.45, 2.75) is 63.6 Å². The molecule has 0 amide bonds. The molecule has 1 aliphatic rings. The summed E-state index contributed by atoms with van der Waals surface area (Å²) in [5.41, 5.74) is 5.49. The number of rotatable bonds is 16. The standard InChI is InChI=1S/C41H43NO5/c1-6-16-32(17-7-1)26-42-38-40(45-29-35-22-12-4-13-23-35)39(44-28-34-20-10-3-11-21-34)37(31-43-27-33-18-8-2-9-19-33)47-41(38)46-30-36-24-14-5-15-25-36/h1-25,37-42H,26-31H2/t37-,38-,39-,40-,41+/m1/s1. The molecule has 6 heteroatoms. The second-order valence-electron chi connectivity index (χ2n) is 11.8. The first-order chi connectivity index (χ1) is 23.3. The fourth-order valence-corrected chi connectivity index (χ4v) is 5.78. The van der Waals surface area contributed by atoms with Crippen molar-refractivity contribution in [3.8, 4) is 0 Å². The monoisotopic (exact) mass is 629 g/mol. The van der Waals surface area contributed by atoms with Gasteiger partial charge in [0.1, 0.15) is 18.3 Å². The topological polar surface area (TPSA) is 58.2 Å². The van der Waals surface area contributed by atoms with Gasteiger partial charge >= 0.3 is 0 Å². The highest BCUT2D eigenvalue weighted by molar-refractivity contribution is 5.18. The predicted molar refractivity (Wildman–Crippen MR) is 183 cm³/mol. The Hall–Kier alpha value is -4.14. The molecule has 0 aliphatic carbocycles. The van der Waals surface area contributed by atoms with Gasteiger partial charge in [-0.15, -0.1) is 0 Å². The molecule has 5 aromatic carbocycles. The Bertz CT molecular complexity index is 1560. The highest BCUT2D eigenvalue weighted by Crippen LogP contribution is 2.30. The van der Waals surface area contributed by atoms with Crippen LogP contribution in [0.5, 0.6) is 0 Å². The SMILES string of the molecule is c1ccc(CN[C@H]2[C@@H](OCc3ccccc3)O[C@H](COCc3ccccc3)[C@@H](OCc3ccccc3)[C@@H]2OCc2ccccc2)cc1. The number of hydrogen-bond donors (Lipinski definition) is 1. The van der Waals surface area contributed by atoms with Crippen molar-refractivity contribution in [1.29, 1.82) is 0 Å². The third-order valence-corrected chi connectivity index (χ3v) is 8.25.